The summed E-state index contributed by atoms with van der Waals surface area (Å²) < 4.78 is 0.995. The number of halogens is 2. The molecule has 13 heavy (non-hydrogen) atoms. The van der Waals surface area contributed by atoms with Crippen molar-refractivity contribution in [2.75, 3.05) is 0 Å². The average Bonchev–Trinajstić information content (AvgIpc) is 2.04. The number of allylic oxidation sites excluding steroid dienone is 6. The molecule has 0 heterocycles. The van der Waals surface area contributed by atoms with Gasteiger partial charge in [0, 0.05) is 0 Å². The predicted molar refractivity (Wildman–Crippen MR) is 68.3 cm³/mol. The fourth-order valence-electron chi connectivity index (χ4n) is 0.794. The highest BCUT2D eigenvalue weighted by atomic mass is 79.9. The average molecular weight is 306 g/mol. The Morgan fingerprint density at radius 1 is 1.15 bits per heavy atom. The second-order valence-electron chi connectivity index (χ2n) is 2.70. The standard InChI is InChI=1S/C11H14Br2/c1-4-6-9(2)10(3)7-5-8-11(12)13/h4,6-8H,1,5H2,2-3H3/b9-6-,10-7-. The Labute approximate surface area is 97.4 Å². The number of rotatable bonds is 4. The van der Waals surface area contributed by atoms with Crippen molar-refractivity contribution in [3.8, 4) is 0 Å². The molecule has 0 aliphatic rings. The first-order valence-corrected chi connectivity index (χ1v) is 5.64. The van der Waals surface area contributed by atoms with Crippen molar-refractivity contribution in [3.63, 3.8) is 0 Å². The SMILES string of the molecule is C=C/C=C(C)\C(C)=C/CC=C(Br)Br. The van der Waals surface area contributed by atoms with Gasteiger partial charge in [-0.05, 0) is 57.7 Å². The fourth-order valence-corrected chi connectivity index (χ4v) is 1.17. The highest BCUT2D eigenvalue weighted by Gasteiger charge is 1.89. The van der Waals surface area contributed by atoms with Crippen LogP contribution in [-0.4, -0.2) is 0 Å². The molecule has 0 atom stereocenters. The Balaban J connectivity index is 4.25. The van der Waals surface area contributed by atoms with Crippen molar-refractivity contribution in [1.82, 2.24) is 0 Å². The van der Waals surface area contributed by atoms with Crippen molar-refractivity contribution in [3.05, 3.63) is 45.4 Å². The Hall–Kier alpha value is -0.0800. The quantitative estimate of drug-likeness (QED) is 0.635. The number of hydrogen-bond donors (Lipinski definition) is 0. The third-order valence-corrected chi connectivity index (χ3v) is 2.33. The smallest absolute Gasteiger partial charge is 0.0567 e. The van der Waals surface area contributed by atoms with Crippen LogP contribution in [0.5, 0.6) is 0 Å². The second-order valence-corrected chi connectivity index (χ2v) is 5.47. The van der Waals surface area contributed by atoms with Crippen LogP contribution >= 0.6 is 31.9 Å². The van der Waals surface area contributed by atoms with Crippen LogP contribution < -0.4 is 0 Å². The lowest BCUT2D eigenvalue weighted by Gasteiger charge is -1.98. The molecule has 0 fully saturated rings. The lowest BCUT2D eigenvalue weighted by molar-refractivity contribution is 1.27. The van der Waals surface area contributed by atoms with E-state index in [1.165, 1.54) is 11.1 Å². The van der Waals surface area contributed by atoms with E-state index >= 15 is 0 Å². The van der Waals surface area contributed by atoms with Gasteiger partial charge in [0.2, 0.25) is 0 Å². The lowest BCUT2D eigenvalue weighted by Crippen LogP contribution is -1.77. The number of hydrogen-bond acceptors (Lipinski definition) is 0. The first-order valence-electron chi connectivity index (χ1n) is 4.05. The monoisotopic (exact) mass is 304 g/mol. The minimum absolute atomic E-state index is 0.931. The minimum Gasteiger partial charge on any atom is -0.0991 e. The third-order valence-electron chi connectivity index (χ3n) is 1.69. The summed E-state index contributed by atoms with van der Waals surface area (Å²) in [6.07, 6.45) is 8.99. The van der Waals surface area contributed by atoms with E-state index in [1.807, 2.05) is 12.2 Å². The molecular formula is C11H14Br2. The van der Waals surface area contributed by atoms with E-state index in [4.69, 9.17) is 0 Å². The molecular weight excluding hydrogens is 292 g/mol. The summed E-state index contributed by atoms with van der Waals surface area (Å²) in [5, 5.41) is 0. The summed E-state index contributed by atoms with van der Waals surface area (Å²) in [6.45, 7) is 7.85. The Morgan fingerprint density at radius 3 is 2.23 bits per heavy atom. The van der Waals surface area contributed by atoms with Crippen LogP contribution in [0.15, 0.2) is 45.4 Å². The highest BCUT2D eigenvalue weighted by molar-refractivity contribution is 9.28. The predicted octanol–water partition coefficient (Wildman–Crippen LogP) is 5.09. The van der Waals surface area contributed by atoms with Crippen LogP contribution in [0, 0.1) is 0 Å². The van der Waals surface area contributed by atoms with Gasteiger partial charge in [-0.2, -0.15) is 0 Å². The molecule has 0 saturated carbocycles. The van der Waals surface area contributed by atoms with E-state index in [0.29, 0.717) is 0 Å². The largest absolute Gasteiger partial charge is 0.0991 e. The third kappa shape index (κ3) is 7.03. The molecule has 0 aliphatic heterocycles. The van der Waals surface area contributed by atoms with Crippen LogP contribution in [0.25, 0.3) is 0 Å². The van der Waals surface area contributed by atoms with Crippen molar-refractivity contribution in [1.29, 1.82) is 0 Å². The molecule has 0 aromatic rings. The maximum Gasteiger partial charge on any atom is 0.0567 e. The molecule has 0 saturated heterocycles. The van der Waals surface area contributed by atoms with E-state index in [1.54, 1.807) is 0 Å². The molecule has 0 aromatic heterocycles. The van der Waals surface area contributed by atoms with Crippen LogP contribution in [0.3, 0.4) is 0 Å². The van der Waals surface area contributed by atoms with Crippen LogP contribution in [0.1, 0.15) is 20.3 Å². The summed E-state index contributed by atoms with van der Waals surface area (Å²) in [6, 6.07) is 0. The molecule has 0 N–H and O–H groups in total. The van der Waals surface area contributed by atoms with Gasteiger partial charge in [-0.25, -0.2) is 0 Å². The molecule has 0 aromatic carbocycles. The second kappa shape index (κ2) is 7.34. The lowest BCUT2D eigenvalue weighted by atomic mass is 10.1. The first kappa shape index (κ1) is 12.9. The van der Waals surface area contributed by atoms with Crippen molar-refractivity contribution < 1.29 is 0 Å². The summed E-state index contributed by atoms with van der Waals surface area (Å²) >= 11 is 6.62. The molecule has 0 rings (SSSR count). The normalized spacial score (nSPS) is 12.6. The highest BCUT2D eigenvalue weighted by Crippen LogP contribution is 2.15. The molecule has 72 valence electrons. The van der Waals surface area contributed by atoms with Gasteiger partial charge in [-0.3, -0.25) is 0 Å². The van der Waals surface area contributed by atoms with Crippen LogP contribution in [-0.2, 0) is 0 Å². The molecule has 0 unspecified atom stereocenters. The van der Waals surface area contributed by atoms with Gasteiger partial charge in [0.1, 0.15) is 0 Å². The topological polar surface area (TPSA) is 0 Å². The maximum atomic E-state index is 3.66. The van der Waals surface area contributed by atoms with Crippen molar-refractivity contribution in [2.45, 2.75) is 20.3 Å². The van der Waals surface area contributed by atoms with Gasteiger partial charge < -0.3 is 0 Å². The van der Waals surface area contributed by atoms with Gasteiger partial charge in [0.05, 0.1) is 3.39 Å². The fraction of sp³-hybridized carbons (Fsp3) is 0.273. The van der Waals surface area contributed by atoms with E-state index < -0.39 is 0 Å². The maximum absolute atomic E-state index is 3.66. The van der Waals surface area contributed by atoms with Gasteiger partial charge >= 0.3 is 0 Å². The van der Waals surface area contributed by atoms with Crippen molar-refractivity contribution in [2.24, 2.45) is 0 Å². The zero-order valence-electron chi connectivity index (χ0n) is 7.98. The van der Waals surface area contributed by atoms with Gasteiger partial charge in [0.15, 0.2) is 0 Å². The van der Waals surface area contributed by atoms with E-state index in [2.05, 4.69) is 64.4 Å². The van der Waals surface area contributed by atoms with E-state index in [0.717, 1.165) is 9.81 Å². The summed E-state index contributed by atoms with van der Waals surface area (Å²) in [5.41, 5.74) is 2.55. The van der Waals surface area contributed by atoms with Gasteiger partial charge in [0.25, 0.3) is 0 Å². The summed E-state index contributed by atoms with van der Waals surface area (Å²) in [7, 11) is 0. The van der Waals surface area contributed by atoms with Gasteiger partial charge in [-0.15, -0.1) is 0 Å². The Kier molecular flexibility index (Phi) is 7.29. The van der Waals surface area contributed by atoms with Crippen LogP contribution in [0.4, 0.5) is 0 Å². The summed E-state index contributed by atoms with van der Waals surface area (Å²) in [4.78, 5) is 0. The van der Waals surface area contributed by atoms with Crippen molar-refractivity contribution >= 4 is 31.9 Å². The molecule has 2 heteroatoms. The molecule has 0 nitrogen and oxygen atoms in total. The molecule has 0 spiro atoms. The van der Waals surface area contributed by atoms with E-state index in [9.17, 15) is 0 Å². The first-order chi connectivity index (χ1) is 6.07. The van der Waals surface area contributed by atoms with Gasteiger partial charge in [-0.1, -0.05) is 36.5 Å². The minimum atomic E-state index is 0.931. The zero-order chi connectivity index (χ0) is 10.3. The van der Waals surface area contributed by atoms with Crippen LogP contribution in [0.2, 0.25) is 0 Å². The Morgan fingerprint density at radius 2 is 1.77 bits per heavy atom. The Bertz CT molecular complexity index is 253. The molecule has 0 radical (unpaired) electrons. The summed E-state index contributed by atoms with van der Waals surface area (Å²) in [5.74, 6) is 0. The molecule has 0 aliphatic carbocycles. The molecule has 0 bridgehead atoms. The molecule has 0 amide bonds. The zero-order valence-corrected chi connectivity index (χ0v) is 11.2. The van der Waals surface area contributed by atoms with E-state index in [-0.39, 0.29) is 0 Å².